The minimum Gasteiger partial charge on any atom is -0.309 e. The summed E-state index contributed by atoms with van der Waals surface area (Å²) < 4.78 is 0.660. The van der Waals surface area contributed by atoms with Crippen molar-refractivity contribution in [1.82, 2.24) is 4.98 Å². The van der Waals surface area contributed by atoms with Gasteiger partial charge in [-0.15, -0.1) is 6.58 Å². The third kappa shape index (κ3) is 2.13. The Kier molecular flexibility index (Phi) is 3.30. The van der Waals surface area contributed by atoms with Crippen LogP contribution in [0.5, 0.6) is 0 Å². The van der Waals surface area contributed by atoms with E-state index in [1.165, 1.54) is 0 Å². The molecule has 1 atom stereocenters. The van der Waals surface area contributed by atoms with E-state index in [0.717, 1.165) is 0 Å². The van der Waals surface area contributed by atoms with Crippen molar-refractivity contribution in [3.05, 3.63) is 34.5 Å². The van der Waals surface area contributed by atoms with Gasteiger partial charge < -0.3 is 4.90 Å². The lowest BCUT2D eigenvalue weighted by atomic mass is 10.1. The summed E-state index contributed by atoms with van der Waals surface area (Å²) in [6.07, 6.45) is 2.30. The molecule has 0 spiro atoms. The second-order valence-electron chi connectivity index (χ2n) is 3.65. The van der Waals surface area contributed by atoms with Crippen LogP contribution in [-0.2, 0) is 4.79 Å². The molecule has 0 radical (unpaired) electrons. The van der Waals surface area contributed by atoms with Crippen LogP contribution < -0.4 is 4.90 Å². The molecule has 1 amide bonds. The predicted octanol–water partition coefficient (Wildman–Crippen LogP) is 3.04. The topological polar surface area (TPSA) is 33.2 Å². The summed E-state index contributed by atoms with van der Waals surface area (Å²) in [5.74, 6) is 0.267. The van der Waals surface area contributed by atoms with Crippen LogP contribution in [0.25, 0.3) is 0 Å². The number of hydrogen-bond donors (Lipinski definition) is 0. The van der Waals surface area contributed by atoms with Gasteiger partial charge in [-0.2, -0.15) is 0 Å². The SMILES string of the molecule is C=CC1CC(=O)N(c2ccc(Br)nc2Cl)C1. The van der Waals surface area contributed by atoms with Gasteiger partial charge in [0.15, 0.2) is 5.15 Å². The van der Waals surface area contributed by atoms with Gasteiger partial charge in [-0.1, -0.05) is 17.7 Å². The molecule has 84 valence electrons. The zero-order valence-electron chi connectivity index (χ0n) is 8.49. The average molecular weight is 302 g/mol. The Morgan fingerprint density at radius 3 is 2.94 bits per heavy atom. The third-order valence-electron chi connectivity index (χ3n) is 2.57. The van der Waals surface area contributed by atoms with Gasteiger partial charge in [0.25, 0.3) is 0 Å². The van der Waals surface area contributed by atoms with Crippen LogP contribution in [0.3, 0.4) is 0 Å². The van der Waals surface area contributed by atoms with Crippen molar-refractivity contribution >= 4 is 39.1 Å². The maximum Gasteiger partial charge on any atom is 0.227 e. The first-order chi connectivity index (χ1) is 7.61. The average Bonchev–Trinajstić information content (AvgIpc) is 2.60. The summed E-state index contributed by atoms with van der Waals surface area (Å²) in [5, 5.41) is 0.340. The molecule has 5 heteroatoms. The Morgan fingerprint density at radius 1 is 1.62 bits per heavy atom. The normalized spacial score (nSPS) is 20.2. The lowest BCUT2D eigenvalue weighted by Crippen LogP contribution is -2.24. The second kappa shape index (κ2) is 4.55. The van der Waals surface area contributed by atoms with Crippen LogP contribution >= 0.6 is 27.5 Å². The highest BCUT2D eigenvalue weighted by Crippen LogP contribution is 2.31. The number of amides is 1. The molecule has 0 bridgehead atoms. The molecule has 0 saturated carbocycles. The van der Waals surface area contributed by atoms with E-state index in [2.05, 4.69) is 27.5 Å². The maximum absolute atomic E-state index is 11.8. The first-order valence-electron chi connectivity index (χ1n) is 4.87. The zero-order valence-corrected chi connectivity index (χ0v) is 10.8. The number of carbonyl (C=O) groups is 1. The Balaban J connectivity index is 2.31. The highest BCUT2D eigenvalue weighted by Gasteiger charge is 2.30. The molecular formula is C11H10BrClN2O. The molecule has 2 rings (SSSR count). The fraction of sp³-hybridized carbons (Fsp3) is 0.273. The van der Waals surface area contributed by atoms with Crippen molar-refractivity contribution in [3.8, 4) is 0 Å². The Hall–Kier alpha value is -0.870. The van der Waals surface area contributed by atoms with Crippen LogP contribution in [0.2, 0.25) is 5.15 Å². The molecule has 3 nitrogen and oxygen atoms in total. The van der Waals surface area contributed by atoms with Crippen molar-refractivity contribution in [2.45, 2.75) is 6.42 Å². The summed E-state index contributed by atoms with van der Waals surface area (Å²) in [7, 11) is 0. The first kappa shape index (κ1) is 11.6. The quantitative estimate of drug-likeness (QED) is 0.621. The lowest BCUT2D eigenvalue weighted by Gasteiger charge is -2.17. The van der Waals surface area contributed by atoms with Gasteiger partial charge in [-0.25, -0.2) is 4.98 Å². The smallest absolute Gasteiger partial charge is 0.227 e. The predicted molar refractivity (Wildman–Crippen MR) is 67.6 cm³/mol. The molecule has 1 saturated heterocycles. The number of aromatic nitrogens is 1. The fourth-order valence-corrected chi connectivity index (χ4v) is 2.40. The van der Waals surface area contributed by atoms with E-state index < -0.39 is 0 Å². The Morgan fingerprint density at radius 2 is 2.38 bits per heavy atom. The van der Waals surface area contributed by atoms with Crippen molar-refractivity contribution in [2.24, 2.45) is 5.92 Å². The lowest BCUT2D eigenvalue weighted by molar-refractivity contribution is -0.117. The number of anilines is 1. The molecule has 1 aliphatic heterocycles. The van der Waals surface area contributed by atoms with Gasteiger partial charge in [0.2, 0.25) is 5.91 Å². The fourth-order valence-electron chi connectivity index (χ4n) is 1.73. The summed E-state index contributed by atoms with van der Waals surface area (Å²) in [6.45, 7) is 4.34. The standard InChI is InChI=1S/C11H10BrClN2O/c1-2-7-5-10(16)15(6-7)8-3-4-9(12)14-11(8)13/h2-4,7H,1,5-6H2. The van der Waals surface area contributed by atoms with Gasteiger partial charge >= 0.3 is 0 Å². The molecule has 2 heterocycles. The van der Waals surface area contributed by atoms with Crippen molar-refractivity contribution < 1.29 is 4.79 Å². The van der Waals surface area contributed by atoms with Gasteiger partial charge in [-0.3, -0.25) is 4.79 Å². The Bertz CT molecular complexity index is 450. The van der Waals surface area contributed by atoms with Crippen LogP contribution in [0.1, 0.15) is 6.42 Å². The van der Waals surface area contributed by atoms with Gasteiger partial charge in [-0.05, 0) is 28.1 Å². The maximum atomic E-state index is 11.8. The minimum atomic E-state index is 0.0657. The molecular weight excluding hydrogens is 291 g/mol. The molecule has 16 heavy (non-hydrogen) atoms. The van der Waals surface area contributed by atoms with E-state index in [9.17, 15) is 4.79 Å². The molecule has 0 aromatic carbocycles. The highest BCUT2D eigenvalue weighted by atomic mass is 79.9. The number of pyridine rings is 1. The molecule has 0 N–H and O–H groups in total. The van der Waals surface area contributed by atoms with E-state index in [0.29, 0.717) is 28.4 Å². The molecule has 1 aliphatic rings. The van der Waals surface area contributed by atoms with E-state index in [4.69, 9.17) is 11.6 Å². The number of halogens is 2. The number of carbonyl (C=O) groups excluding carboxylic acids is 1. The highest BCUT2D eigenvalue weighted by molar-refractivity contribution is 9.10. The van der Waals surface area contributed by atoms with Gasteiger partial charge in [0, 0.05) is 18.9 Å². The molecule has 0 aliphatic carbocycles. The van der Waals surface area contributed by atoms with E-state index in [1.54, 1.807) is 23.1 Å². The molecule has 1 aromatic rings. The zero-order chi connectivity index (χ0) is 11.7. The molecule has 1 aromatic heterocycles. The Labute approximate surface area is 107 Å². The summed E-state index contributed by atoms with van der Waals surface area (Å²) in [5.41, 5.74) is 0.666. The monoisotopic (exact) mass is 300 g/mol. The van der Waals surface area contributed by atoms with Crippen LogP contribution in [-0.4, -0.2) is 17.4 Å². The number of nitrogens with zero attached hydrogens (tertiary/aromatic N) is 2. The van der Waals surface area contributed by atoms with Crippen LogP contribution in [0.4, 0.5) is 5.69 Å². The van der Waals surface area contributed by atoms with Crippen LogP contribution in [0, 0.1) is 5.92 Å². The van der Waals surface area contributed by atoms with Crippen molar-refractivity contribution in [2.75, 3.05) is 11.4 Å². The van der Waals surface area contributed by atoms with E-state index in [-0.39, 0.29) is 11.8 Å². The summed E-state index contributed by atoms with van der Waals surface area (Å²) >= 11 is 9.24. The minimum absolute atomic E-state index is 0.0657. The van der Waals surface area contributed by atoms with E-state index in [1.807, 2.05) is 0 Å². The van der Waals surface area contributed by atoms with Crippen LogP contribution in [0.15, 0.2) is 29.4 Å². The number of rotatable bonds is 2. The summed E-state index contributed by atoms with van der Waals surface area (Å²) in [4.78, 5) is 17.5. The molecule has 1 unspecified atom stereocenters. The van der Waals surface area contributed by atoms with Gasteiger partial charge in [0.1, 0.15) is 4.60 Å². The first-order valence-corrected chi connectivity index (χ1v) is 6.04. The van der Waals surface area contributed by atoms with Gasteiger partial charge in [0.05, 0.1) is 5.69 Å². The third-order valence-corrected chi connectivity index (χ3v) is 3.29. The molecule has 1 fully saturated rings. The van der Waals surface area contributed by atoms with Crippen molar-refractivity contribution in [3.63, 3.8) is 0 Å². The summed E-state index contributed by atoms with van der Waals surface area (Å²) in [6, 6.07) is 3.57. The van der Waals surface area contributed by atoms with Crippen molar-refractivity contribution in [1.29, 1.82) is 0 Å². The second-order valence-corrected chi connectivity index (χ2v) is 4.82. The number of hydrogen-bond acceptors (Lipinski definition) is 2. The largest absolute Gasteiger partial charge is 0.309 e. The van der Waals surface area contributed by atoms with E-state index >= 15 is 0 Å².